The SMILES string of the molecule is Cc1nc(C2CN(C(=O)c3cn(-c4ccccc4)nc3-c3ccccc3)CCO2)no1. The Balaban J connectivity index is 1.49. The van der Waals surface area contributed by atoms with Gasteiger partial charge < -0.3 is 14.2 Å². The van der Waals surface area contributed by atoms with E-state index in [0.29, 0.717) is 42.7 Å². The zero-order valence-electron chi connectivity index (χ0n) is 17.0. The van der Waals surface area contributed by atoms with Gasteiger partial charge in [-0.25, -0.2) is 4.68 Å². The standard InChI is InChI=1S/C23H21N5O3/c1-16-24-22(26-31-16)20-15-27(12-13-30-20)23(29)19-14-28(18-10-6-3-7-11-18)25-21(19)17-8-4-2-5-9-17/h2-11,14,20H,12-13,15H2,1H3. The Bertz CT molecular complexity index is 1190. The average Bonchev–Trinajstić information content (AvgIpc) is 3.47. The van der Waals surface area contributed by atoms with E-state index >= 15 is 0 Å². The van der Waals surface area contributed by atoms with Crippen molar-refractivity contribution in [3.63, 3.8) is 0 Å². The Labute approximate surface area is 179 Å². The smallest absolute Gasteiger partial charge is 0.257 e. The summed E-state index contributed by atoms with van der Waals surface area (Å²) >= 11 is 0. The minimum atomic E-state index is -0.417. The van der Waals surface area contributed by atoms with E-state index in [0.717, 1.165) is 11.3 Å². The number of aromatic nitrogens is 4. The van der Waals surface area contributed by atoms with Crippen molar-refractivity contribution in [2.24, 2.45) is 0 Å². The van der Waals surface area contributed by atoms with E-state index in [-0.39, 0.29) is 5.91 Å². The Kier molecular flexibility index (Phi) is 5.05. The van der Waals surface area contributed by atoms with Gasteiger partial charge in [-0.3, -0.25) is 4.79 Å². The topological polar surface area (TPSA) is 86.3 Å². The van der Waals surface area contributed by atoms with Gasteiger partial charge in [0.25, 0.3) is 5.91 Å². The number of carbonyl (C=O) groups is 1. The van der Waals surface area contributed by atoms with E-state index in [1.807, 2.05) is 60.7 Å². The highest BCUT2D eigenvalue weighted by atomic mass is 16.5. The highest BCUT2D eigenvalue weighted by molar-refractivity contribution is 6.00. The molecule has 1 fully saturated rings. The molecule has 1 aliphatic rings. The predicted molar refractivity (Wildman–Crippen MR) is 113 cm³/mol. The first-order valence-corrected chi connectivity index (χ1v) is 10.1. The van der Waals surface area contributed by atoms with Crippen molar-refractivity contribution in [1.29, 1.82) is 0 Å². The summed E-state index contributed by atoms with van der Waals surface area (Å²) in [5.41, 5.74) is 2.97. The molecular weight excluding hydrogens is 394 g/mol. The maximum absolute atomic E-state index is 13.6. The van der Waals surface area contributed by atoms with Crippen LogP contribution >= 0.6 is 0 Å². The molecule has 4 aromatic rings. The molecule has 2 aromatic carbocycles. The molecule has 0 bridgehead atoms. The molecule has 0 saturated carbocycles. The lowest BCUT2D eigenvalue weighted by Crippen LogP contribution is -2.42. The summed E-state index contributed by atoms with van der Waals surface area (Å²) in [6, 6.07) is 19.5. The van der Waals surface area contributed by atoms with Crippen LogP contribution in [0.25, 0.3) is 16.9 Å². The lowest BCUT2D eigenvalue weighted by atomic mass is 10.1. The van der Waals surface area contributed by atoms with Crippen LogP contribution in [0, 0.1) is 6.92 Å². The first-order valence-electron chi connectivity index (χ1n) is 10.1. The molecule has 1 amide bonds. The predicted octanol–water partition coefficient (Wildman–Crippen LogP) is 3.44. The fraction of sp³-hybridized carbons (Fsp3) is 0.217. The second-order valence-corrected chi connectivity index (χ2v) is 7.32. The third-order valence-electron chi connectivity index (χ3n) is 5.20. The molecule has 3 heterocycles. The molecule has 0 spiro atoms. The van der Waals surface area contributed by atoms with Gasteiger partial charge >= 0.3 is 0 Å². The number of rotatable bonds is 4. The van der Waals surface area contributed by atoms with Crippen molar-refractivity contribution in [3.8, 4) is 16.9 Å². The highest BCUT2D eigenvalue weighted by Crippen LogP contribution is 2.27. The van der Waals surface area contributed by atoms with Crippen LogP contribution < -0.4 is 0 Å². The van der Waals surface area contributed by atoms with E-state index < -0.39 is 6.10 Å². The molecule has 0 N–H and O–H groups in total. The molecule has 0 aliphatic carbocycles. The van der Waals surface area contributed by atoms with Gasteiger partial charge in [0, 0.05) is 25.2 Å². The molecular formula is C23H21N5O3. The third kappa shape index (κ3) is 3.85. The fourth-order valence-corrected chi connectivity index (χ4v) is 3.66. The number of nitrogens with zero attached hydrogens (tertiary/aromatic N) is 5. The number of carbonyl (C=O) groups excluding carboxylic acids is 1. The van der Waals surface area contributed by atoms with Crippen molar-refractivity contribution in [3.05, 3.63) is 84.1 Å². The van der Waals surface area contributed by atoms with Crippen molar-refractivity contribution < 1.29 is 14.1 Å². The van der Waals surface area contributed by atoms with Gasteiger partial charge in [0.15, 0.2) is 0 Å². The number of hydrogen-bond donors (Lipinski definition) is 0. The van der Waals surface area contributed by atoms with E-state index in [9.17, 15) is 4.79 Å². The average molecular weight is 415 g/mol. The summed E-state index contributed by atoms with van der Waals surface area (Å²) in [6.07, 6.45) is 1.38. The summed E-state index contributed by atoms with van der Waals surface area (Å²) in [5.74, 6) is 0.824. The van der Waals surface area contributed by atoms with E-state index in [2.05, 4.69) is 10.1 Å². The summed E-state index contributed by atoms with van der Waals surface area (Å²) in [6.45, 7) is 2.96. The second-order valence-electron chi connectivity index (χ2n) is 7.32. The van der Waals surface area contributed by atoms with E-state index in [4.69, 9.17) is 14.4 Å². The number of ether oxygens (including phenoxy) is 1. The van der Waals surface area contributed by atoms with Crippen LogP contribution in [0.1, 0.15) is 28.2 Å². The van der Waals surface area contributed by atoms with Gasteiger partial charge in [-0.05, 0) is 12.1 Å². The molecule has 2 aromatic heterocycles. The van der Waals surface area contributed by atoms with Crippen LogP contribution in [0.15, 0.2) is 71.4 Å². The molecule has 1 aliphatic heterocycles. The van der Waals surface area contributed by atoms with Gasteiger partial charge in [-0.15, -0.1) is 0 Å². The maximum Gasteiger partial charge on any atom is 0.257 e. The quantitative estimate of drug-likeness (QED) is 0.508. The van der Waals surface area contributed by atoms with Crippen LogP contribution in [0.2, 0.25) is 0 Å². The first-order chi connectivity index (χ1) is 15.2. The van der Waals surface area contributed by atoms with E-state index in [1.54, 1.807) is 22.7 Å². The van der Waals surface area contributed by atoms with Crippen LogP contribution in [-0.2, 0) is 4.74 Å². The van der Waals surface area contributed by atoms with Gasteiger partial charge in [0.1, 0.15) is 11.8 Å². The van der Waals surface area contributed by atoms with E-state index in [1.165, 1.54) is 0 Å². The lowest BCUT2D eigenvalue weighted by Gasteiger charge is -2.31. The molecule has 1 saturated heterocycles. The number of morpholine rings is 1. The monoisotopic (exact) mass is 415 g/mol. The van der Waals surface area contributed by atoms with Gasteiger partial charge in [-0.1, -0.05) is 53.7 Å². The second kappa shape index (κ2) is 8.16. The number of amides is 1. The molecule has 1 atom stereocenters. The molecule has 5 rings (SSSR count). The van der Waals surface area contributed by atoms with Crippen LogP contribution in [-0.4, -0.2) is 50.4 Å². The number of para-hydroxylation sites is 1. The molecule has 156 valence electrons. The first kappa shape index (κ1) is 19.2. The minimum absolute atomic E-state index is 0.102. The molecule has 8 heteroatoms. The number of hydrogen-bond acceptors (Lipinski definition) is 6. The summed E-state index contributed by atoms with van der Waals surface area (Å²) in [5, 5.41) is 8.69. The minimum Gasteiger partial charge on any atom is -0.366 e. The zero-order valence-corrected chi connectivity index (χ0v) is 17.0. The molecule has 0 radical (unpaired) electrons. The van der Waals surface area contributed by atoms with Crippen LogP contribution in [0.4, 0.5) is 0 Å². The van der Waals surface area contributed by atoms with Crippen molar-refractivity contribution in [1.82, 2.24) is 24.8 Å². The molecule has 1 unspecified atom stereocenters. The van der Waals surface area contributed by atoms with Crippen LogP contribution in [0.3, 0.4) is 0 Å². The van der Waals surface area contributed by atoms with Crippen molar-refractivity contribution in [2.45, 2.75) is 13.0 Å². The lowest BCUT2D eigenvalue weighted by molar-refractivity contribution is -0.0276. The number of aryl methyl sites for hydroxylation is 1. The van der Waals surface area contributed by atoms with Crippen LogP contribution in [0.5, 0.6) is 0 Å². The summed E-state index contributed by atoms with van der Waals surface area (Å²) in [4.78, 5) is 19.6. The summed E-state index contributed by atoms with van der Waals surface area (Å²) in [7, 11) is 0. The zero-order chi connectivity index (χ0) is 21.2. The maximum atomic E-state index is 13.6. The normalized spacial score (nSPS) is 16.4. The Morgan fingerprint density at radius 2 is 1.81 bits per heavy atom. The molecule has 31 heavy (non-hydrogen) atoms. The fourth-order valence-electron chi connectivity index (χ4n) is 3.66. The largest absolute Gasteiger partial charge is 0.366 e. The Morgan fingerprint density at radius 3 is 2.52 bits per heavy atom. The Hall–Kier alpha value is -3.78. The number of benzene rings is 2. The molecule has 8 nitrogen and oxygen atoms in total. The Morgan fingerprint density at radius 1 is 1.06 bits per heavy atom. The highest BCUT2D eigenvalue weighted by Gasteiger charge is 2.31. The van der Waals surface area contributed by atoms with Gasteiger partial charge in [0.05, 0.1) is 24.4 Å². The summed E-state index contributed by atoms with van der Waals surface area (Å²) < 4.78 is 12.6. The van der Waals surface area contributed by atoms with Gasteiger partial charge in [-0.2, -0.15) is 10.1 Å². The van der Waals surface area contributed by atoms with Crippen molar-refractivity contribution in [2.75, 3.05) is 19.7 Å². The third-order valence-corrected chi connectivity index (χ3v) is 5.20. The van der Waals surface area contributed by atoms with Gasteiger partial charge in [0.2, 0.25) is 11.7 Å². The van der Waals surface area contributed by atoms with Crippen molar-refractivity contribution >= 4 is 5.91 Å².